The van der Waals surface area contributed by atoms with Crippen molar-refractivity contribution in [2.45, 2.75) is 52.0 Å². The van der Waals surface area contributed by atoms with Gasteiger partial charge in [0.05, 0.1) is 5.75 Å². The van der Waals surface area contributed by atoms with E-state index in [2.05, 4.69) is 23.9 Å². The predicted molar refractivity (Wildman–Crippen MR) is 71.5 cm³/mol. The molecule has 0 amide bonds. The highest BCUT2D eigenvalue weighted by Gasteiger charge is 2.28. The molecule has 102 valence electrons. The van der Waals surface area contributed by atoms with Crippen molar-refractivity contribution in [1.82, 2.24) is 10.0 Å². The standard InChI is InChI=1S/C12H26N2O2S/c1-12(2)7-5-11(6-8-12)14-17(15,16)10-4-9-13-3/h11,13-14H,4-10H2,1-3H3. The molecule has 1 aliphatic rings. The first kappa shape index (κ1) is 14.9. The zero-order valence-electron chi connectivity index (χ0n) is 11.3. The van der Waals surface area contributed by atoms with E-state index in [1.807, 2.05) is 7.05 Å². The molecule has 0 atom stereocenters. The summed E-state index contributed by atoms with van der Waals surface area (Å²) in [6.07, 6.45) is 4.83. The first-order chi connectivity index (χ1) is 7.85. The van der Waals surface area contributed by atoms with E-state index < -0.39 is 10.0 Å². The molecule has 2 N–H and O–H groups in total. The molecule has 1 saturated carbocycles. The van der Waals surface area contributed by atoms with Gasteiger partial charge >= 0.3 is 0 Å². The van der Waals surface area contributed by atoms with Crippen LogP contribution in [0.1, 0.15) is 46.0 Å². The Kier molecular flexibility index (Phi) is 5.41. The third-order valence-electron chi connectivity index (χ3n) is 3.53. The second-order valence-corrected chi connectivity index (χ2v) is 7.71. The van der Waals surface area contributed by atoms with Gasteiger partial charge in [-0.05, 0) is 51.1 Å². The average Bonchev–Trinajstić information content (AvgIpc) is 2.21. The van der Waals surface area contributed by atoms with Crippen LogP contribution in [0.2, 0.25) is 0 Å². The van der Waals surface area contributed by atoms with E-state index in [-0.39, 0.29) is 11.8 Å². The molecule has 0 aromatic heterocycles. The summed E-state index contributed by atoms with van der Waals surface area (Å²) in [6, 6.07) is 0.155. The van der Waals surface area contributed by atoms with Crippen molar-refractivity contribution in [1.29, 1.82) is 0 Å². The molecule has 1 aliphatic carbocycles. The van der Waals surface area contributed by atoms with Gasteiger partial charge in [-0.3, -0.25) is 0 Å². The third kappa shape index (κ3) is 5.84. The molecule has 1 rings (SSSR count). The van der Waals surface area contributed by atoms with Crippen LogP contribution in [0.25, 0.3) is 0 Å². The fraction of sp³-hybridized carbons (Fsp3) is 1.00. The van der Waals surface area contributed by atoms with E-state index >= 15 is 0 Å². The van der Waals surface area contributed by atoms with Crippen LogP contribution in [0.5, 0.6) is 0 Å². The number of rotatable bonds is 6. The molecule has 0 heterocycles. The van der Waals surface area contributed by atoms with Gasteiger partial charge in [-0.15, -0.1) is 0 Å². The Bertz CT molecular complexity index is 315. The van der Waals surface area contributed by atoms with Gasteiger partial charge in [0.2, 0.25) is 10.0 Å². The van der Waals surface area contributed by atoms with Gasteiger partial charge in [-0.2, -0.15) is 0 Å². The molecule has 0 bridgehead atoms. The Morgan fingerprint density at radius 2 is 1.82 bits per heavy atom. The molecule has 0 radical (unpaired) electrons. The highest BCUT2D eigenvalue weighted by atomic mass is 32.2. The largest absolute Gasteiger partial charge is 0.320 e. The van der Waals surface area contributed by atoms with Gasteiger partial charge in [0, 0.05) is 6.04 Å². The summed E-state index contributed by atoms with van der Waals surface area (Å²) in [5.41, 5.74) is 0.383. The van der Waals surface area contributed by atoms with E-state index in [4.69, 9.17) is 0 Å². The molecule has 0 aromatic rings. The van der Waals surface area contributed by atoms with Crippen LogP contribution in [0.4, 0.5) is 0 Å². The summed E-state index contributed by atoms with van der Waals surface area (Å²) in [5.74, 6) is 0.230. The fourth-order valence-electron chi connectivity index (χ4n) is 2.27. The van der Waals surface area contributed by atoms with Crippen molar-refractivity contribution >= 4 is 10.0 Å². The molecule has 4 nitrogen and oxygen atoms in total. The smallest absolute Gasteiger partial charge is 0.211 e. The lowest BCUT2D eigenvalue weighted by Crippen LogP contribution is -2.40. The molecule has 5 heteroatoms. The van der Waals surface area contributed by atoms with Crippen molar-refractivity contribution in [3.05, 3.63) is 0 Å². The average molecular weight is 262 g/mol. The van der Waals surface area contributed by atoms with Crippen molar-refractivity contribution in [3.8, 4) is 0 Å². The van der Waals surface area contributed by atoms with Crippen molar-refractivity contribution in [2.75, 3.05) is 19.3 Å². The van der Waals surface area contributed by atoms with Gasteiger partial charge in [0.25, 0.3) is 0 Å². The molecule has 0 aromatic carbocycles. The van der Waals surface area contributed by atoms with Crippen molar-refractivity contribution < 1.29 is 8.42 Å². The van der Waals surface area contributed by atoms with Gasteiger partial charge in [-0.25, -0.2) is 13.1 Å². The summed E-state index contributed by atoms with van der Waals surface area (Å²) in [6.45, 7) is 5.26. The van der Waals surface area contributed by atoms with Gasteiger partial charge in [-0.1, -0.05) is 13.8 Å². The van der Waals surface area contributed by atoms with Crippen LogP contribution in [0.3, 0.4) is 0 Å². The summed E-state index contributed by atoms with van der Waals surface area (Å²) >= 11 is 0. The van der Waals surface area contributed by atoms with Gasteiger partial charge in [0.15, 0.2) is 0 Å². The Morgan fingerprint density at radius 3 is 2.35 bits per heavy atom. The lowest BCUT2D eigenvalue weighted by atomic mass is 9.76. The first-order valence-corrected chi connectivity index (χ1v) is 8.14. The van der Waals surface area contributed by atoms with Gasteiger partial charge in [0.1, 0.15) is 0 Å². The van der Waals surface area contributed by atoms with Crippen LogP contribution in [0.15, 0.2) is 0 Å². The minimum Gasteiger partial charge on any atom is -0.320 e. The lowest BCUT2D eigenvalue weighted by Gasteiger charge is -2.34. The minimum absolute atomic E-state index is 0.155. The molecular formula is C12H26N2O2S. The first-order valence-electron chi connectivity index (χ1n) is 6.49. The summed E-state index contributed by atoms with van der Waals surface area (Å²) < 4.78 is 26.4. The highest BCUT2D eigenvalue weighted by molar-refractivity contribution is 7.89. The van der Waals surface area contributed by atoms with E-state index in [1.165, 1.54) is 0 Å². The van der Waals surface area contributed by atoms with Crippen molar-refractivity contribution in [2.24, 2.45) is 5.41 Å². The Hall–Kier alpha value is -0.130. The normalized spacial score (nSPS) is 21.6. The number of hydrogen-bond acceptors (Lipinski definition) is 3. The maximum atomic E-state index is 11.8. The topological polar surface area (TPSA) is 58.2 Å². The lowest BCUT2D eigenvalue weighted by molar-refractivity contribution is 0.218. The molecule has 0 aliphatic heterocycles. The maximum Gasteiger partial charge on any atom is 0.211 e. The minimum atomic E-state index is -3.08. The van der Waals surface area contributed by atoms with Crippen LogP contribution >= 0.6 is 0 Å². The molecule has 17 heavy (non-hydrogen) atoms. The summed E-state index contributed by atoms with van der Waals surface area (Å²) in [7, 11) is -1.24. The van der Waals surface area contributed by atoms with Gasteiger partial charge < -0.3 is 5.32 Å². The van der Waals surface area contributed by atoms with Crippen LogP contribution < -0.4 is 10.0 Å². The van der Waals surface area contributed by atoms with Crippen LogP contribution in [0, 0.1) is 5.41 Å². The Morgan fingerprint density at radius 1 is 1.24 bits per heavy atom. The second-order valence-electron chi connectivity index (χ2n) is 5.83. The van der Waals surface area contributed by atoms with E-state index in [0.717, 1.165) is 32.2 Å². The fourth-order valence-corrected chi connectivity index (χ4v) is 3.65. The van der Waals surface area contributed by atoms with E-state index in [0.29, 0.717) is 11.8 Å². The molecule has 0 unspecified atom stereocenters. The molecular weight excluding hydrogens is 236 g/mol. The zero-order valence-corrected chi connectivity index (χ0v) is 12.1. The van der Waals surface area contributed by atoms with Crippen LogP contribution in [-0.4, -0.2) is 33.8 Å². The summed E-state index contributed by atoms with van der Waals surface area (Å²) in [4.78, 5) is 0. The van der Waals surface area contributed by atoms with E-state index in [9.17, 15) is 8.42 Å². The number of nitrogens with one attached hydrogen (secondary N) is 2. The molecule has 0 spiro atoms. The molecule has 0 saturated heterocycles. The zero-order chi connectivity index (χ0) is 12.9. The second kappa shape index (κ2) is 6.16. The Labute approximate surface area is 106 Å². The highest BCUT2D eigenvalue weighted by Crippen LogP contribution is 2.35. The quantitative estimate of drug-likeness (QED) is 0.713. The summed E-state index contributed by atoms with van der Waals surface area (Å²) in [5, 5.41) is 2.96. The monoisotopic (exact) mass is 262 g/mol. The predicted octanol–water partition coefficient (Wildman–Crippen LogP) is 1.48. The van der Waals surface area contributed by atoms with Crippen molar-refractivity contribution in [3.63, 3.8) is 0 Å². The maximum absolute atomic E-state index is 11.8. The molecule has 1 fully saturated rings. The number of hydrogen-bond donors (Lipinski definition) is 2. The van der Waals surface area contributed by atoms with Crippen LogP contribution in [-0.2, 0) is 10.0 Å². The third-order valence-corrected chi connectivity index (χ3v) is 5.04. The Balaban J connectivity index is 2.34. The number of sulfonamides is 1. The van der Waals surface area contributed by atoms with E-state index in [1.54, 1.807) is 0 Å². The SMILES string of the molecule is CNCCCS(=O)(=O)NC1CCC(C)(C)CC1.